The van der Waals surface area contributed by atoms with E-state index >= 15 is 0 Å². The molecule has 0 radical (unpaired) electrons. The molecular formula is C16H14N2O4S2. The molecule has 1 aromatic heterocycles. The van der Waals surface area contributed by atoms with Crippen LogP contribution in [0.2, 0.25) is 0 Å². The number of hydrogen-bond acceptors (Lipinski definition) is 6. The molecule has 0 fully saturated rings. The highest BCUT2D eigenvalue weighted by Crippen LogP contribution is 2.37. The molecule has 0 spiro atoms. The van der Waals surface area contributed by atoms with E-state index in [2.05, 4.69) is 4.99 Å². The summed E-state index contributed by atoms with van der Waals surface area (Å²) in [5.41, 5.74) is 2.59. The van der Waals surface area contributed by atoms with Crippen molar-refractivity contribution in [3.63, 3.8) is 0 Å². The Morgan fingerprint density at radius 1 is 1.50 bits per heavy atom. The predicted octanol–water partition coefficient (Wildman–Crippen LogP) is 3.72. The van der Waals surface area contributed by atoms with Crippen molar-refractivity contribution in [1.29, 1.82) is 0 Å². The van der Waals surface area contributed by atoms with E-state index in [1.54, 1.807) is 19.4 Å². The monoisotopic (exact) mass is 362 g/mol. The quantitative estimate of drug-likeness (QED) is 0.792. The van der Waals surface area contributed by atoms with Gasteiger partial charge in [-0.2, -0.15) is 0 Å². The van der Waals surface area contributed by atoms with Gasteiger partial charge in [-0.15, -0.1) is 11.3 Å². The number of methoxy groups -OCH3 is 1. The highest BCUT2D eigenvalue weighted by atomic mass is 32.1. The first-order valence-electron chi connectivity index (χ1n) is 7.08. The molecule has 0 aliphatic carbocycles. The van der Waals surface area contributed by atoms with E-state index in [0.29, 0.717) is 8.83 Å². The second-order valence-corrected chi connectivity index (χ2v) is 6.77. The van der Waals surface area contributed by atoms with Crippen molar-refractivity contribution >= 4 is 53.1 Å². The Labute approximate surface area is 147 Å². The number of aliphatic carboxylic acids is 1. The Balaban J connectivity index is 1.94. The van der Waals surface area contributed by atoms with Crippen molar-refractivity contribution in [2.75, 3.05) is 7.11 Å². The molecular weight excluding hydrogens is 348 g/mol. The van der Waals surface area contributed by atoms with Crippen LogP contribution in [-0.4, -0.2) is 34.1 Å². The van der Waals surface area contributed by atoms with Gasteiger partial charge < -0.3 is 14.9 Å². The van der Waals surface area contributed by atoms with Crippen molar-refractivity contribution < 1.29 is 19.7 Å². The molecule has 124 valence electrons. The van der Waals surface area contributed by atoms with Crippen molar-refractivity contribution in [3.05, 3.63) is 32.6 Å². The lowest BCUT2D eigenvalue weighted by molar-refractivity contribution is -0.137. The number of thiazole rings is 1. The Bertz CT molecular complexity index is 925. The predicted molar refractivity (Wildman–Crippen MR) is 96.1 cm³/mol. The number of benzene rings is 1. The van der Waals surface area contributed by atoms with Gasteiger partial charge in [0.2, 0.25) is 5.88 Å². The van der Waals surface area contributed by atoms with Crippen LogP contribution in [0.4, 0.5) is 5.69 Å². The smallest absolute Gasteiger partial charge is 0.305 e. The maximum atomic E-state index is 10.7. The minimum absolute atomic E-state index is 0.0193. The summed E-state index contributed by atoms with van der Waals surface area (Å²) in [6, 6.07) is 5.60. The highest BCUT2D eigenvalue weighted by molar-refractivity contribution is 7.73. The number of hydrogen-bond donors (Lipinski definition) is 2. The van der Waals surface area contributed by atoms with E-state index in [0.717, 1.165) is 22.6 Å². The molecule has 0 saturated heterocycles. The number of carboxylic acids is 1. The molecule has 0 atom stereocenters. The number of allylic oxidation sites excluding steroid dienone is 1. The molecule has 1 aliphatic rings. The van der Waals surface area contributed by atoms with Gasteiger partial charge >= 0.3 is 5.97 Å². The number of rotatable bonds is 5. The lowest BCUT2D eigenvalue weighted by atomic mass is 10.1. The summed E-state index contributed by atoms with van der Waals surface area (Å²) >= 11 is 6.45. The highest BCUT2D eigenvalue weighted by Gasteiger charge is 2.16. The zero-order valence-corrected chi connectivity index (χ0v) is 14.4. The third-order valence-corrected chi connectivity index (χ3v) is 4.97. The average molecular weight is 362 g/mol. The minimum Gasteiger partial charge on any atom is -0.497 e. The Kier molecular flexibility index (Phi) is 4.50. The molecule has 0 unspecified atom stereocenters. The van der Waals surface area contributed by atoms with Gasteiger partial charge in [0.15, 0.2) is 3.95 Å². The van der Waals surface area contributed by atoms with E-state index < -0.39 is 5.97 Å². The molecule has 2 aromatic rings. The second-order valence-electron chi connectivity index (χ2n) is 5.09. The summed E-state index contributed by atoms with van der Waals surface area (Å²) in [4.78, 5) is 15.6. The number of aliphatic imine (C=N–C) groups is 1. The molecule has 2 N–H and O–H groups in total. The fraction of sp³-hybridized carbons (Fsp3) is 0.188. The van der Waals surface area contributed by atoms with Gasteiger partial charge in [-0.1, -0.05) is 0 Å². The molecule has 1 aromatic carbocycles. The third-order valence-electron chi connectivity index (χ3n) is 3.59. The van der Waals surface area contributed by atoms with Crippen LogP contribution in [0.5, 0.6) is 11.6 Å². The fourth-order valence-corrected chi connectivity index (χ4v) is 3.68. The van der Waals surface area contributed by atoms with Gasteiger partial charge in [-0.25, -0.2) is 0 Å². The molecule has 8 heteroatoms. The summed E-state index contributed by atoms with van der Waals surface area (Å²) in [7, 11) is 1.60. The lowest BCUT2D eigenvalue weighted by Gasteiger charge is -2.04. The van der Waals surface area contributed by atoms with Gasteiger partial charge in [0.1, 0.15) is 5.75 Å². The van der Waals surface area contributed by atoms with Crippen molar-refractivity contribution in [1.82, 2.24) is 4.57 Å². The molecule has 6 nitrogen and oxygen atoms in total. The first-order chi connectivity index (χ1) is 11.5. The fourth-order valence-electron chi connectivity index (χ4n) is 2.37. The van der Waals surface area contributed by atoms with Crippen LogP contribution in [0.25, 0.3) is 11.6 Å². The first kappa shape index (κ1) is 16.4. The van der Waals surface area contributed by atoms with Crippen LogP contribution < -0.4 is 4.74 Å². The molecule has 0 bridgehead atoms. The SMILES string of the molecule is COc1ccc2c(c1)N=C/C2=C/c1sc(=S)n(CCC(=O)O)c1O. The minimum atomic E-state index is -0.937. The van der Waals surface area contributed by atoms with E-state index in [4.69, 9.17) is 22.1 Å². The van der Waals surface area contributed by atoms with Crippen molar-refractivity contribution in [3.8, 4) is 11.6 Å². The van der Waals surface area contributed by atoms with E-state index in [1.807, 2.05) is 18.2 Å². The molecule has 24 heavy (non-hydrogen) atoms. The topological polar surface area (TPSA) is 84.1 Å². The number of carbonyl (C=O) groups is 1. The summed E-state index contributed by atoms with van der Waals surface area (Å²) < 4.78 is 7.05. The van der Waals surface area contributed by atoms with E-state index in [-0.39, 0.29) is 18.8 Å². The molecule has 2 heterocycles. The van der Waals surface area contributed by atoms with Crippen LogP contribution in [0.3, 0.4) is 0 Å². The zero-order chi connectivity index (χ0) is 17.3. The number of ether oxygens (including phenoxy) is 1. The Morgan fingerprint density at radius 3 is 3.00 bits per heavy atom. The van der Waals surface area contributed by atoms with Gasteiger partial charge in [0.05, 0.1) is 24.1 Å². The number of aromatic nitrogens is 1. The summed E-state index contributed by atoms with van der Waals surface area (Å²) in [5.74, 6) is -0.229. The number of aromatic hydroxyl groups is 1. The van der Waals surface area contributed by atoms with Crippen molar-refractivity contribution in [2.45, 2.75) is 13.0 Å². The lowest BCUT2D eigenvalue weighted by Crippen LogP contribution is -2.03. The second kappa shape index (κ2) is 6.58. The maximum absolute atomic E-state index is 10.7. The largest absolute Gasteiger partial charge is 0.497 e. The standard InChI is InChI=1S/C16H14N2O4S2/c1-22-10-2-3-11-9(8-17-12(11)7-10)6-13-15(21)18(16(23)24-13)5-4-14(19)20/h2-3,6-8,21H,4-5H2,1H3,(H,19,20)/b9-6-. The normalized spacial score (nSPS) is 14.1. The van der Waals surface area contributed by atoms with Gasteiger partial charge in [-0.05, 0) is 30.4 Å². The number of nitrogens with zero attached hydrogens (tertiary/aromatic N) is 2. The molecule has 0 amide bonds. The summed E-state index contributed by atoms with van der Waals surface area (Å²) in [6.07, 6.45) is 3.42. The van der Waals surface area contributed by atoms with Gasteiger partial charge in [0.25, 0.3) is 0 Å². The van der Waals surface area contributed by atoms with Crippen LogP contribution in [0, 0.1) is 3.95 Å². The Morgan fingerprint density at radius 2 is 2.29 bits per heavy atom. The number of fused-ring (bicyclic) bond motifs is 1. The summed E-state index contributed by atoms with van der Waals surface area (Å²) in [5, 5.41) is 19.1. The van der Waals surface area contributed by atoms with Crippen LogP contribution in [0.15, 0.2) is 23.2 Å². The molecule has 0 saturated carbocycles. The van der Waals surface area contributed by atoms with Gasteiger partial charge in [-0.3, -0.25) is 14.4 Å². The van der Waals surface area contributed by atoms with Crippen LogP contribution in [0.1, 0.15) is 16.9 Å². The maximum Gasteiger partial charge on any atom is 0.305 e. The Hall–Kier alpha value is -2.45. The van der Waals surface area contributed by atoms with Crippen LogP contribution in [-0.2, 0) is 11.3 Å². The van der Waals surface area contributed by atoms with Crippen molar-refractivity contribution in [2.24, 2.45) is 4.99 Å². The third kappa shape index (κ3) is 3.10. The number of carboxylic acid groups (broad SMARTS) is 1. The summed E-state index contributed by atoms with van der Waals surface area (Å²) in [6.45, 7) is 0.140. The molecule has 3 rings (SSSR count). The molecule has 1 aliphatic heterocycles. The van der Waals surface area contributed by atoms with E-state index in [1.165, 1.54) is 15.9 Å². The van der Waals surface area contributed by atoms with E-state index in [9.17, 15) is 9.90 Å². The van der Waals surface area contributed by atoms with Gasteiger partial charge in [0, 0.05) is 30.0 Å². The zero-order valence-electron chi connectivity index (χ0n) is 12.7. The first-order valence-corrected chi connectivity index (χ1v) is 8.30. The average Bonchev–Trinajstić information content (AvgIpc) is 3.07. The van der Waals surface area contributed by atoms with Crippen LogP contribution >= 0.6 is 23.6 Å².